The number of likely N-dealkylation sites (N-methyl/N-ethyl adjacent to an activating group) is 1. The van der Waals surface area contributed by atoms with Gasteiger partial charge in [0.25, 0.3) is 7.82 Å². The van der Waals surface area contributed by atoms with Gasteiger partial charge in [0.2, 0.25) is 5.91 Å². The Morgan fingerprint density at radius 1 is 0.632 bits per heavy atom. The highest BCUT2D eigenvalue weighted by atomic mass is 31.2. The molecule has 0 aromatic rings. The highest BCUT2D eigenvalue weighted by Gasteiger charge is 2.24. The van der Waals surface area contributed by atoms with E-state index in [9.17, 15) is 19.4 Å². The number of phosphoric acid groups is 1. The number of unbranched alkanes of at least 4 members (excludes halogenated alkanes) is 21. The number of aliphatic hydroxyl groups excluding tert-OH is 1. The molecule has 0 saturated carbocycles. The van der Waals surface area contributed by atoms with E-state index in [1.165, 1.54) is 109 Å². The van der Waals surface area contributed by atoms with E-state index in [1.54, 1.807) is 0 Å². The molecule has 0 saturated heterocycles. The van der Waals surface area contributed by atoms with Crippen LogP contribution in [0, 0.1) is 0 Å². The molecule has 9 heteroatoms. The summed E-state index contributed by atoms with van der Waals surface area (Å²) in [6, 6.07) is -0.800. The number of hydrogen-bond donors (Lipinski definition) is 2. The van der Waals surface area contributed by atoms with Crippen LogP contribution in [0.15, 0.2) is 48.6 Å². The van der Waals surface area contributed by atoms with Gasteiger partial charge >= 0.3 is 0 Å². The highest BCUT2D eigenvalue weighted by molar-refractivity contribution is 7.45. The smallest absolute Gasteiger partial charge is 0.268 e. The fraction of sp³-hybridized carbons (Fsp3) is 0.812. The Kier molecular flexibility index (Phi) is 38.8. The van der Waals surface area contributed by atoms with Gasteiger partial charge in [-0.15, -0.1) is 0 Å². The molecule has 0 fully saturated rings. The number of nitrogens with one attached hydrogen (secondary N) is 1. The summed E-state index contributed by atoms with van der Waals surface area (Å²) >= 11 is 0. The molecule has 3 unspecified atom stereocenters. The quantitative estimate of drug-likeness (QED) is 0.0275. The molecule has 334 valence electrons. The number of aliphatic hydroxyl groups is 1. The van der Waals surface area contributed by atoms with E-state index in [0.29, 0.717) is 23.9 Å². The number of quaternary nitrogens is 1. The number of carbonyl (C=O) groups excluding carboxylic acids is 1. The zero-order chi connectivity index (χ0) is 42.1. The van der Waals surface area contributed by atoms with Gasteiger partial charge in [-0.25, -0.2) is 0 Å². The van der Waals surface area contributed by atoms with E-state index in [1.807, 2.05) is 21.1 Å². The minimum absolute atomic E-state index is 0.0106. The molecule has 0 aliphatic rings. The molecular formula is C48H91N2O6P. The highest BCUT2D eigenvalue weighted by Crippen LogP contribution is 2.38. The van der Waals surface area contributed by atoms with Gasteiger partial charge < -0.3 is 28.8 Å². The van der Waals surface area contributed by atoms with Crippen molar-refractivity contribution < 1.29 is 32.9 Å². The lowest BCUT2D eigenvalue weighted by Gasteiger charge is -2.30. The van der Waals surface area contributed by atoms with Crippen LogP contribution in [-0.4, -0.2) is 68.5 Å². The van der Waals surface area contributed by atoms with Crippen LogP contribution in [0.3, 0.4) is 0 Å². The summed E-state index contributed by atoms with van der Waals surface area (Å²) in [4.78, 5) is 25.3. The summed E-state index contributed by atoms with van der Waals surface area (Å²) in [5, 5.41) is 13.9. The van der Waals surface area contributed by atoms with Crippen LogP contribution in [-0.2, 0) is 18.4 Å². The lowest BCUT2D eigenvalue weighted by molar-refractivity contribution is -0.870. The van der Waals surface area contributed by atoms with Crippen molar-refractivity contribution in [2.75, 3.05) is 40.9 Å². The maximum Gasteiger partial charge on any atom is 0.268 e. The molecular weight excluding hydrogens is 732 g/mol. The third-order valence-electron chi connectivity index (χ3n) is 10.3. The average molecular weight is 823 g/mol. The largest absolute Gasteiger partial charge is 0.756 e. The molecule has 0 aromatic heterocycles. The zero-order valence-electron chi connectivity index (χ0n) is 37.8. The lowest BCUT2D eigenvalue weighted by atomic mass is 10.0. The lowest BCUT2D eigenvalue weighted by Crippen LogP contribution is -2.46. The molecule has 0 radical (unpaired) electrons. The molecule has 0 spiro atoms. The van der Waals surface area contributed by atoms with E-state index < -0.39 is 20.0 Å². The van der Waals surface area contributed by atoms with Crippen LogP contribution < -0.4 is 10.2 Å². The summed E-state index contributed by atoms with van der Waals surface area (Å²) in [5.74, 6) is -0.170. The van der Waals surface area contributed by atoms with E-state index in [-0.39, 0.29) is 19.1 Å². The number of amides is 1. The predicted octanol–water partition coefficient (Wildman–Crippen LogP) is 12.6. The molecule has 3 atom stereocenters. The topological polar surface area (TPSA) is 108 Å². The third kappa shape index (κ3) is 42.4. The van der Waals surface area contributed by atoms with Crippen LogP contribution in [0.4, 0.5) is 0 Å². The van der Waals surface area contributed by atoms with Crippen molar-refractivity contribution in [3.8, 4) is 0 Å². The van der Waals surface area contributed by atoms with Crippen molar-refractivity contribution >= 4 is 13.7 Å². The summed E-state index contributed by atoms with van der Waals surface area (Å²) in [6.07, 6.45) is 49.8. The minimum atomic E-state index is -4.56. The third-order valence-corrected chi connectivity index (χ3v) is 11.3. The molecule has 2 N–H and O–H groups in total. The van der Waals surface area contributed by atoms with E-state index in [0.717, 1.165) is 64.2 Å². The minimum Gasteiger partial charge on any atom is -0.756 e. The number of phosphoric ester groups is 1. The molecule has 0 heterocycles. The molecule has 0 bridgehead atoms. The van der Waals surface area contributed by atoms with Crippen LogP contribution in [0.2, 0.25) is 0 Å². The maximum atomic E-state index is 12.9. The number of carbonyl (C=O) groups is 1. The van der Waals surface area contributed by atoms with Gasteiger partial charge in [-0.1, -0.05) is 191 Å². The molecule has 0 rings (SSSR count). The first-order valence-corrected chi connectivity index (χ1v) is 24.9. The molecule has 0 aliphatic carbocycles. The summed E-state index contributed by atoms with van der Waals surface area (Å²) in [6.45, 7) is 4.58. The standard InChI is InChI=1S/C48H91N2O6P/c1-6-8-10-12-14-16-18-19-20-21-22-23-24-25-26-27-28-29-30-31-32-34-36-38-40-42-48(52)49-46(45-56-57(53,54)55-44-43-50(3,4)5)47(51)41-39-37-35-33-17-15-13-11-9-7-2/h8,10,14,16,19-20,22-23,46-47,51H,6-7,9,11-13,15,17-18,21,24-45H2,1-5H3,(H-,49,52,53,54)/b10-8-,16-14-,20-19-,23-22-. The molecule has 0 aliphatic heterocycles. The fourth-order valence-electron chi connectivity index (χ4n) is 6.62. The first kappa shape index (κ1) is 55.5. The van der Waals surface area contributed by atoms with Crippen LogP contribution in [0.25, 0.3) is 0 Å². The van der Waals surface area contributed by atoms with Crippen LogP contribution in [0.5, 0.6) is 0 Å². The van der Waals surface area contributed by atoms with E-state index in [2.05, 4.69) is 67.8 Å². The van der Waals surface area contributed by atoms with Gasteiger partial charge in [0.15, 0.2) is 0 Å². The first-order valence-electron chi connectivity index (χ1n) is 23.5. The van der Waals surface area contributed by atoms with Crippen molar-refractivity contribution in [3.05, 3.63) is 48.6 Å². The second-order valence-electron chi connectivity index (χ2n) is 17.1. The molecule has 1 amide bonds. The molecule has 57 heavy (non-hydrogen) atoms. The molecule has 0 aromatic carbocycles. The SMILES string of the molecule is CC/C=C\C/C=C\C/C=C\C/C=C\CCCCCCCCCCCCCCC(=O)NC(COP(=O)([O-])OCC[N+](C)(C)C)C(O)CCCCCCCCCCCC. The average Bonchev–Trinajstić information content (AvgIpc) is 3.16. The monoisotopic (exact) mass is 823 g/mol. The fourth-order valence-corrected chi connectivity index (χ4v) is 7.34. The van der Waals surface area contributed by atoms with Crippen molar-refractivity contribution in [1.82, 2.24) is 5.32 Å². The Hall–Kier alpha value is -1.54. The van der Waals surface area contributed by atoms with Crippen LogP contribution >= 0.6 is 7.82 Å². The number of allylic oxidation sites excluding steroid dienone is 8. The zero-order valence-corrected chi connectivity index (χ0v) is 38.7. The van der Waals surface area contributed by atoms with Crippen LogP contribution in [0.1, 0.15) is 200 Å². The Balaban J connectivity index is 4.16. The second kappa shape index (κ2) is 39.9. The Bertz CT molecular complexity index is 1070. The Labute approximate surface area is 352 Å². The second-order valence-corrected chi connectivity index (χ2v) is 18.5. The predicted molar refractivity (Wildman–Crippen MR) is 242 cm³/mol. The first-order chi connectivity index (χ1) is 27.5. The van der Waals surface area contributed by atoms with E-state index >= 15 is 0 Å². The van der Waals surface area contributed by atoms with Gasteiger partial charge in [0.1, 0.15) is 13.2 Å². The van der Waals surface area contributed by atoms with Gasteiger partial charge in [0.05, 0.1) is 39.9 Å². The number of rotatable bonds is 42. The van der Waals surface area contributed by atoms with Gasteiger partial charge in [0, 0.05) is 6.42 Å². The van der Waals surface area contributed by atoms with Crippen molar-refractivity contribution in [1.29, 1.82) is 0 Å². The Morgan fingerprint density at radius 3 is 1.56 bits per heavy atom. The molecule has 8 nitrogen and oxygen atoms in total. The van der Waals surface area contributed by atoms with Crippen molar-refractivity contribution in [2.24, 2.45) is 0 Å². The summed E-state index contributed by atoms with van der Waals surface area (Å²) < 4.78 is 23.2. The van der Waals surface area contributed by atoms with Gasteiger partial charge in [-0.2, -0.15) is 0 Å². The van der Waals surface area contributed by atoms with Crippen molar-refractivity contribution in [3.63, 3.8) is 0 Å². The van der Waals surface area contributed by atoms with Crippen molar-refractivity contribution in [2.45, 2.75) is 212 Å². The van der Waals surface area contributed by atoms with E-state index in [4.69, 9.17) is 9.05 Å². The van der Waals surface area contributed by atoms with Gasteiger partial charge in [-0.05, 0) is 51.4 Å². The Morgan fingerprint density at radius 2 is 1.07 bits per heavy atom. The normalized spacial score (nSPS) is 14.7. The number of nitrogens with zero attached hydrogens (tertiary/aromatic N) is 1. The number of hydrogen-bond acceptors (Lipinski definition) is 6. The maximum absolute atomic E-state index is 12.9. The summed E-state index contributed by atoms with van der Waals surface area (Å²) in [5.41, 5.74) is 0. The summed E-state index contributed by atoms with van der Waals surface area (Å²) in [7, 11) is 1.30. The van der Waals surface area contributed by atoms with Gasteiger partial charge in [-0.3, -0.25) is 9.36 Å².